The van der Waals surface area contributed by atoms with Crippen LogP contribution in [0.2, 0.25) is 0 Å². The lowest BCUT2D eigenvalue weighted by Crippen LogP contribution is -2.19. The molecule has 0 unspecified atom stereocenters. The van der Waals surface area contributed by atoms with E-state index in [0.29, 0.717) is 16.1 Å². The van der Waals surface area contributed by atoms with Gasteiger partial charge in [-0.2, -0.15) is 14.6 Å². The van der Waals surface area contributed by atoms with E-state index in [1.807, 2.05) is 0 Å². The Bertz CT molecular complexity index is 828. The van der Waals surface area contributed by atoms with Gasteiger partial charge < -0.3 is 0 Å². The van der Waals surface area contributed by atoms with Gasteiger partial charge in [-0.05, 0) is 12.3 Å². The van der Waals surface area contributed by atoms with Gasteiger partial charge in [0, 0.05) is 6.54 Å². The van der Waals surface area contributed by atoms with E-state index >= 15 is 0 Å². The van der Waals surface area contributed by atoms with Gasteiger partial charge >= 0.3 is 5.56 Å². The second-order valence-corrected chi connectivity index (χ2v) is 6.44. The third-order valence-corrected chi connectivity index (χ3v) is 4.96. The summed E-state index contributed by atoms with van der Waals surface area (Å²) in [4.78, 5) is 17.3. The van der Waals surface area contributed by atoms with Crippen molar-refractivity contribution in [1.29, 1.82) is 0 Å². The minimum Gasteiger partial charge on any atom is -0.265 e. The predicted molar refractivity (Wildman–Crippen MR) is 79.4 cm³/mol. The molecule has 0 radical (unpaired) electrons. The van der Waals surface area contributed by atoms with E-state index in [9.17, 15) is 4.79 Å². The highest BCUT2D eigenvalue weighted by molar-refractivity contribution is 7.14. The van der Waals surface area contributed by atoms with Crippen LogP contribution in [0, 0.1) is 5.92 Å². The van der Waals surface area contributed by atoms with E-state index < -0.39 is 0 Å². The first-order valence-electron chi connectivity index (χ1n) is 7.38. The molecule has 0 atom stereocenters. The molecule has 0 bridgehead atoms. The highest BCUT2D eigenvalue weighted by atomic mass is 32.1. The Balaban J connectivity index is 1.67. The Morgan fingerprint density at radius 3 is 3.00 bits per heavy atom. The number of hydrogen-bond acceptors (Lipinski definition) is 6. The zero-order chi connectivity index (χ0) is 14.2. The summed E-state index contributed by atoms with van der Waals surface area (Å²) in [6, 6.07) is 0. The summed E-state index contributed by atoms with van der Waals surface area (Å²) in [6.07, 6.45) is 7.65. The standard InChI is InChI=1S/C13H16N6OS/c20-12-10-11(15-13-19(12)14-8-21-13)16-17-18(10)7-6-9-4-2-1-3-5-9/h8-9H,1-7H2. The maximum absolute atomic E-state index is 12.4. The van der Waals surface area contributed by atoms with Crippen LogP contribution < -0.4 is 5.56 Å². The third kappa shape index (κ3) is 2.23. The van der Waals surface area contributed by atoms with Crippen LogP contribution in [0.25, 0.3) is 16.1 Å². The second kappa shape index (κ2) is 5.18. The molecule has 1 aliphatic rings. The zero-order valence-corrected chi connectivity index (χ0v) is 12.4. The number of hydrogen-bond donors (Lipinski definition) is 0. The van der Waals surface area contributed by atoms with E-state index in [1.165, 1.54) is 48.0 Å². The molecule has 3 heterocycles. The summed E-state index contributed by atoms with van der Waals surface area (Å²) in [5.74, 6) is 0.747. The van der Waals surface area contributed by atoms with Gasteiger partial charge in [0.25, 0.3) is 0 Å². The lowest BCUT2D eigenvalue weighted by molar-refractivity contribution is 0.319. The predicted octanol–water partition coefficient (Wildman–Crippen LogP) is 1.87. The largest absolute Gasteiger partial charge is 0.303 e. The van der Waals surface area contributed by atoms with Gasteiger partial charge in [-0.1, -0.05) is 48.7 Å². The van der Waals surface area contributed by atoms with Gasteiger partial charge in [0.05, 0.1) is 0 Å². The van der Waals surface area contributed by atoms with Gasteiger partial charge in [-0.3, -0.25) is 4.79 Å². The summed E-state index contributed by atoms with van der Waals surface area (Å²) in [7, 11) is 0. The molecule has 7 nitrogen and oxygen atoms in total. The summed E-state index contributed by atoms with van der Waals surface area (Å²) < 4.78 is 3.03. The quantitative estimate of drug-likeness (QED) is 0.738. The molecule has 0 saturated heterocycles. The minimum absolute atomic E-state index is 0.176. The topological polar surface area (TPSA) is 78.0 Å². The van der Waals surface area contributed by atoms with Crippen molar-refractivity contribution in [2.24, 2.45) is 5.92 Å². The molecular weight excluding hydrogens is 288 g/mol. The molecule has 110 valence electrons. The Kier molecular flexibility index (Phi) is 3.17. The molecule has 0 spiro atoms. The van der Waals surface area contributed by atoms with Crippen molar-refractivity contribution in [3.8, 4) is 0 Å². The van der Waals surface area contributed by atoms with Crippen LogP contribution in [0.3, 0.4) is 0 Å². The number of aromatic nitrogens is 6. The van der Waals surface area contributed by atoms with E-state index in [2.05, 4.69) is 20.4 Å². The molecule has 1 saturated carbocycles. The first kappa shape index (κ1) is 12.9. The van der Waals surface area contributed by atoms with Crippen LogP contribution in [0.4, 0.5) is 0 Å². The van der Waals surface area contributed by atoms with Crippen molar-refractivity contribution in [1.82, 2.24) is 29.6 Å². The minimum atomic E-state index is -0.176. The number of aryl methyl sites for hydroxylation is 1. The Morgan fingerprint density at radius 1 is 1.29 bits per heavy atom. The average molecular weight is 304 g/mol. The SMILES string of the molecule is O=c1c2c(nnn2CCC2CCCCC2)nc2scnn12. The van der Waals surface area contributed by atoms with Crippen molar-refractivity contribution in [2.75, 3.05) is 0 Å². The van der Waals surface area contributed by atoms with Gasteiger partial charge in [0.2, 0.25) is 10.6 Å². The lowest BCUT2D eigenvalue weighted by atomic mass is 9.87. The van der Waals surface area contributed by atoms with Crippen LogP contribution in [-0.4, -0.2) is 29.6 Å². The second-order valence-electron chi connectivity index (χ2n) is 5.63. The zero-order valence-electron chi connectivity index (χ0n) is 11.6. The molecule has 4 rings (SSSR count). The lowest BCUT2D eigenvalue weighted by Gasteiger charge is -2.21. The van der Waals surface area contributed by atoms with Gasteiger partial charge in [0.1, 0.15) is 5.51 Å². The fourth-order valence-corrected chi connectivity index (χ4v) is 3.75. The summed E-state index contributed by atoms with van der Waals surface area (Å²) >= 11 is 1.33. The molecule has 1 fully saturated rings. The number of fused-ring (bicyclic) bond motifs is 2. The van der Waals surface area contributed by atoms with Crippen LogP contribution in [0.15, 0.2) is 10.3 Å². The maximum Gasteiger partial charge on any atom is 0.303 e. The third-order valence-electron chi connectivity index (χ3n) is 4.29. The number of nitrogens with zero attached hydrogens (tertiary/aromatic N) is 6. The van der Waals surface area contributed by atoms with Crippen molar-refractivity contribution in [2.45, 2.75) is 45.1 Å². The highest BCUT2D eigenvalue weighted by Gasteiger charge is 2.17. The Labute approximate surface area is 124 Å². The Hall–Kier alpha value is -1.83. The fourth-order valence-electron chi connectivity index (χ4n) is 3.14. The molecular formula is C13H16N6OS. The smallest absolute Gasteiger partial charge is 0.265 e. The first-order valence-corrected chi connectivity index (χ1v) is 8.26. The van der Waals surface area contributed by atoms with Crippen LogP contribution in [0.5, 0.6) is 0 Å². The van der Waals surface area contributed by atoms with Gasteiger partial charge in [-0.15, -0.1) is 5.10 Å². The number of rotatable bonds is 3. The molecule has 0 N–H and O–H groups in total. The average Bonchev–Trinajstić information content (AvgIpc) is 3.13. The van der Waals surface area contributed by atoms with Crippen LogP contribution >= 0.6 is 11.3 Å². The van der Waals surface area contributed by atoms with E-state index in [1.54, 1.807) is 10.2 Å². The monoisotopic (exact) mass is 304 g/mol. The summed E-state index contributed by atoms with van der Waals surface area (Å²) in [5.41, 5.74) is 2.33. The van der Waals surface area contributed by atoms with Crippen molar-refractivity contribution >= 4 is 27.5 Å². The molecule has 3 aromatic rings. The normalized spacial score (nSPS) is 17.0. The molecule has 21 heavy (non-hydrogen) atoms. The summed E-state index contributed by atoms with van der Waals surface area (Å²) in [5, 5.41) is 12.2. The van der Waals surface area contributed by atoms with E-state index in [-0.39, 0.29) is 5.56 Å². The molecule has 3 aromatic heterocycles. The van der Waals surface area contributed by atoms with Crippen molar-refractivity contribution < 1.29 is 0 Å². The summed E-state index contributed by atoms with van der Waals surface area (Å²) in [6.45, 7) is 0.730. The van der Waals surface area contributed by atoms with Crippen molar-refractivity contribution in [3.63, 3.8) is 0 Å². The maximum atomic E-state index is 12.4. The highest BCUT2D eigenvalue weighted by Crippen LogP contribution is 2.26. The molecule has 1 aliphatic carbocycles. The van der Waals surface area contributed by atoms with Crippen LogP contribution in [-0.2, 0) is 6.54 Å². The Morgan fingerprint density at radius 2 is 2.14 bits per heavy atom. The fraction of sp³-hybridized carbons (Fsp3) is 0.615. The van der Waals surface area contributed by atoms with Crippen LogP contribution in [0.1, 0.15) is 38.5 Å². The van der Waals surface area contributed by atoms with Crippen molar-refractivity contribution in [3.05, 3.63) is 15.9 Å². The first-order chi connectivity index (χ1) is 10.3. The van der Waals surface area contributed by atoms with E-state index in [0.717, 1.165) is 18.9 Å². The van der Waals surface area contributed by atoms with Gasteiger partial charge in [-0.25, -0.2) is 4.68 Å². The van der Waals surface area contributed by atoms with Gasteiger partial charge in [0.15, 0.2) is 5.52 Å². The molecule has 0 aromatic carbocycles. The molecule has 0 aliphatic heterocycles. The molecule has 0 amide bonds. The molecule has 8 heteroatoms. The van der Waals surface area contributed by atoms with E-state index in [4.69, 9.17) is 0 Å².